The van der Waals surface area contributed by atoms with Crippen LogP contribution in [0.2, 0.25) is 0 Å². The number of terminal acetylenes is 1. The van der Waals surface area contributed by atoms with Crippen LogP contribution >= 0.6 is 0 Å². The van der Waals surface area contributed by atoms with Gasteiger partial charge in [0, 0.05) is 19.1 Å². The van der Waals surface area contributed by atoms with Gasteiger partial charge in [0.1, 0.15) is 0 Å². The predicted octanol–water partition coefficient (Wildman–Crippen LogP) is 2.83. The molecule has 0 saturated heterocycles. The third-order valence-electron chi connectivity index (χ3n) is 4.45. The molecule has 112 valence electrons. The van der Waals surface area contributed by atoms with Crippen LogP contribution in [0.3, 0.4) is 0 Å². The molecule has 1 aromatic rings. The molecule has 2 nitrogen and oxygen atoms in total. The fraction of sp³-hybridized carbons (Fsp3) is 0.579. The summed E-state index contributed by atoms with van der Waals surface area (Å²) < 4.78 is 0. The summed E-state index contributed by atoms with van der Waals surface area (Å²) in [6.07, 6.45) is 12.1. The lowest BCUT2D eigenvalue weighted by Gasteiger charge is -2.21. The third-order valence-corrected chi connectivity index (χ3v) is 4.45. The first-order valence-corrected chi connectivity index (χ1v) is 8.31. The van der Waals surface area contributed by atoms with E-state index in [4.69, 9.17) is 6.42 Å². The number of benzene rings is 1. The van der Waals surface area contributed by atoms with Gasteiger partial charge in [-0.25, -0.2) is 0 Å². The van der Waals surface area contributed by atoms with Crippen LogP contribution in [0, 0.1) is 18.3 Å². The summed E-state index contributed by atoms with van der Waals surface area (Å²) in [6.45, 7) is 4.03. The van der Waals surface area contributed by atoms with Gasteiger partial charge in [0.25, 0.3) is 0 Å². The second kappa shape index (κ2) is 7.11. The molecule has 0 radical (unpaired) electrons. The zero-order valence-corrected chi connectivity index (χ0v) is 12.9. The molecule has 2 aliphatic rings. The van der Waals surface area contributed by atoms with Gasteiger partial charge in [-0.2, -0.15) is 0 Å². The Labute approximate surface area is 128 Å². The summed E-state index contributed by atoms with van der Waals surface area (Å²) in [4.78, 5) is 2.44. The van der Waals surface area contributed by atoms with Crippen LogP contribution in [0.15, 0.2) is 24.3 Å². The molecule has 0 atom stereocenters. The van der Waals surface area contributed by atoms with Gasteiger partial charge < -0.3 is 5.32 Å². The average Bonchev–Trinajstić information content (AvgIpc) is 3.36. The zero-order valence-electron chi connectivity index (χ0n) is 12.9. The van der Waals surface area contributed by atoms with E-state index in [0.717, 1.165) is 38.0 Å². The van der Waals surface area contributed by atoms with Crippen molar-refractivity contribution in [3.05, 3.63) is 35.4 Å². The largest absolute Gasteiger partial charge is 0.314 e. The molecule has 3 rings (SSSR count). The van der Waals surface area contributed by atoms with Crippen molar-refractivity contribution in [1.82, 2.24) is 10.2 Å². The van der Waals surface area contributed by atoms with Crippen molar-refractivity contribution in [3.63, 3.8) is 0 Å². The van der Waals surface area contributed by atoms with Crippen LogP contribution < -0.4 is 5.32 Å². The number of nitrogens with zero attached hydrogens (tertiary/aromatic N) is 1. The quantitative estimate of drug-likeness (QED) is 0.701. The first-order chi connectivity index (χ1) is 10.3. The van der Waals surface area contributed by atoms with Crippen LogP contribution in [-0.2, 0) is 13.0 Å². The molecule has 0 aromatic heterocycles. The predicted molar refractivity (Wildman–Crippen MR) is 88.0 cm³/mol. The Morgan fingerprint density at radius 2 is 1.90 bits per heavy atom. The minimum absolute atomic E-state index is 0.769. The molecule has 1 N–H and O–H groups in total. The number of hydrogen-bond acceptors (Lipinski definition) is 2. The fourth-order valence-corrected chi connectivity index (χ4v) is 2.87. The van der Waals surface area contributed by atoms with E-state index >= 15 is 0 Å². The van der Waals surface area contributed by atoms with E-state index in [9.17, 15) is 0 Å². The molecule has 0 bridgehead atoms. The van der Waals surface area contributed by atoms with E-state index < -0.39 is 0 Å². The average molecular weight is 282 g/mol. The molecule has 0 unspecified atom stereocenters. The van der Waals surface area contributed by atoms with Crippen molar-refractivity contribution in [2.75, 3.05) is 19.6 Å². The van der Waals surface area contributed by atoms with E-state index in [2.05, 4.69) is 40.4 Å². The maximum absolute atomic E-state index is 5.54. The number of nitrogens with one attached hydrogen (secondary N) is 1. The summed E-state index contributed by atoms with van der Waals surface area (Å²) >= 11 is 0. The standard InChI is InChI=1S/C19H26N2/c1-2-13-21(14-16-7-8-16)15-18-6-4-3-5-17(18)11-12-20-19-9-10-19/h1,3-6,16,19-20H,7-15H2. The summed E-state index contributed by atoms with van der Waals surface area (Å²) in [7, 11) is 0. The van der Waals surface area contributed by atoms with Crippen molar-refractivity contribution in [3.8, 4) is 12.3 Å². The maximum Gasteiger partial charge on any atom is 0.0601 e. The van der Waals surface area contributed by atoms with Gasteiger partial charge in [0.05, 0.1) is 6.54 Å². The maximum atomic E-state index is 5.54. The van der Waals surface area contributed by atoms with Gasteiger partial charge in [0.15, 0.2) is 0 Å². The van der Waals surface area contributed by atoms with Gasteiger partial charge in [-0.05, 0) is 55.7 Å². The van der Waals surface area contributed by atoms with Gasteiger partial charge in [0.2, 0.25) is 0 Å². The lowest BCUT2D eigenvalue weighted by atomic mass is 10.0. The Hall–Kier alpha value is -1.30. The van der Waals surface area contributed by atoms with Crippen LogP contribution in [0.25, 0.3) is 0 Å². The Morgan fingerprint density at radius 3 is 2.57 bits per heavy atom. The van der Waals surface area contributed by atoms with E-state index in [1.54, 1.807) is 0 Å². The highest BCUT2D eigenvalue weighted by molar-refractivity contribution is 5.27. The van der Waals surface area contributed by atoms with E-state index in [1.165, 1.54) is 43.4 Å². The van der Waals surface area contributed by atoms with Crippen LogP contribution in [-0.4, -0.2) is 30.6 Å². The number of hydrogen-bond donors (Lipinski definition) is 1. The normalized spacial score (nSPS) is 17.9. The van der Waals surface area contributed by atoms with Gasteiger partial charge >= 0.3 is 0 Å². The molecule has 0 heterocycles. The minimum atomic E-state index is 0.769. The molecule has 1 aromatic carbocycles. The number of rotatable bonds is 9. The monoisotopic (exact) mass is 282 g/mol. The van der Waals surface area contributed by atoms with Crippen LogP contribution in [0.1, 0.15) is 36.8 Å². The molecule has 0 spiro atoms. The smallest absolute Gasteiger partial charge is 0.0601 e. The Morgan fingerprint density at radius 1 is 1.14 bits per heavy atom. The molecule has 2 saturated carbocycles. The van der Waals surface area contributed by atoms with Crippen molar-refractivity contribution in [2.45, 2.75) is 44.7 Å². The second-order valence-corrected chi connectivity index (χ2v) is 6.56. The van der Waals surface area contributed by atoms with E-state index in [1.807, 2.05) is 0 Å². The zero-order chi connectivity index (χ0) is 14.5. The van der Waals surface area contributed by atoms with Gasteiger partial charge in [-0.15, -0.1) is 6.42 Å². The molecule has 21 heavy (non-hydrogen) atoms. The van der Waals surface area contributed by atoms with Crippen LogP contribution in [0.4, 0.5) is 0 Å². The highest BCUT2D eigenvalue weighted by atomic mass is 15.1. The highest BCUT2D eigenvalue weighted by Crippen LogP contribution is 2.30. The molecule has 2 fully saturated rings. The van der Waals surface area contributed by atoms with Crippen LogP contribution in [0.5, 0.6) is 0 Å². The van der Waals surface area contributed by atoms with Crippen molar-refractivity contribution in [1.29, 1.82) is 0 Å². The summed E-state index contributed by atoms with van der Waals surface area (Å²) in [5.41, 5.74) is 2.93. The summed E-state index contributed by atoms with van der Waals surface area (Å²) in [5, 5.41) is 3.61. The van der Waals surface area contributed by atoms with Gasteiger partial charge in [-0.3, -0.25) is 4.90 Å². The minimum Gasteiger partial charge on any atom is -0.314 e. The van der Waals surface area contributed by atoms with E-state index in [-0.39, 0.29) is 0 Å². The van der Waals surface area contributed by atoms with Gasteiger partial charge in [-0.1, -0.05) is 30.2 Å². The lowest BCUT2D eigenvalue weighted by Crippen LogP contribution is -2.27. The fourth-order valence-electron chi connectivity index (χ4n) is 2.87. The summed E-state index contributed by atoms with van der Waals surface area (Å²) in [6, 6.07) is 9.64. The van der Waals surface area contributed by atoms with Crippen molar-refractivity contribution >= 4 is 0 Å². The Bertz CT molecular complexity index is 495. The first-order valence-electron chi connectivity index (χ1n) is 8.31. The highest BCUT2D eigenvalue weighted by Gasteiger charge is 2.24. The first kappa shape index (κ1) is 14.6. The van der Waals surface area contributed by atoms with Crippen molar-refractivity contribution in [2.24, 2.45) is 5.92 Å². The third kappa shape index (κ3) is 4.88. The second-order valence-electron chi connectivity index (χ2n) is 6.56. The lowest BCUT2D eigenvalue weighted by molar-refractivity contribution is 0.285. The molecule has 0 amide bonds. The molecular formula is C19H26N2. The van der Waals surface area contributed by atoms with Crippen molar-refractivity contribution < 1.29 is 0 Å². The molecular weight excluding hydrogens is 256 g/mol. The molecule has 0 aliphatic heterocycles. The molecule has 2 heteroatoms. The van der Waals surface area contributed by atoms with E-state index in [0.29, 0.717) is 0 Å². The topological polar surface area (TPSA) is 15.3 Å². The Balaban J connectivity index is 1.57. The SMILES string of the molecule is C#CCN(Cc1ccccc1CCNC1CC1)CC1CC1. The summed E-state index contributed by atoms with van der Waals surface area (Å²) in [5.74, 6) is 3.71. The Kier molecular flexibility index (Phi) is 4.95. The molecule has 2 aliphatic carbocycles.